The van der Waals surface area contributed by atoms with Gasteiger partial charge in [0, 0.05) is 12.1 Å². The molecule has 0 bridgehead atoms. The Balaban J connectivity index is 1.55. The third-order valence-corrected chi connectivity index (χ3v) is 6.70. The van der Waals surface area contributed by atoms with E-state index in [4.69, 9.17) is 25.8 Å². The van der Waals surface area contributed by atoms with Crippen molar-refractivity contribution in [2.45, 2.75) is 13.5 Å². The number of methoxy groups -OCH3 is 1. The van der Waals surface area contributed by atoms with E-state index >= 15 is 0 Å². The van der Waals surface area contributed by atoms with E-state index < -0.39 is 22.0 Å². The zero-order chi connectivity index (χ0) is 28.1. The van der Waals surface area contributed by atoms with Crippen LogP contribution in [0.15, 0.2) is 65.6 Å². The van der Waals surface area contributed by atoms with E-state index in [2.05, 4.69) is 0 Å². The van der Waals surface area contributed by atoms with Gasteiger partial charge in [-0.25, -0.2) is 4.79 Å². The van der Waals surface area contributed by atoms with Crippen molar-refractivity contribution in [3.8, 4) is 17.2 Å². The molecule has 1 aliphatic rings. The van der Waals surface area contributed by atoms with Crippen molar-refractivity contribution in [1.82, 2.24) is 4.90 Å². The maximum atomic E-state index is 13.0. The number of halogens is 1. The molecule has 0 aromatic heterocycles. The maximum Gasteiger partial charge on any atom is 0.343 e. The summed E-state index contributed by atoms with van der Waals surface area (Å²) in [7, 11) is 1.52. The molecule has 0 saturated carbocycles. The van der Waals surface area contributed by atoms with Crippen LogP contribution in [0, 0.1) is 10.1 Å². The van der Waals surface area contributed by atoms with Crippen LogP contribution in [-0.2, 0) is 11.3 Å². The second-order valence-electron chi connectivity index (χ2n) is 8.07. The third-order valence-electron chi connectivity index (χ3n) is 5.51. The Labute approximate surface area is 232 Å². The Morgan fingerprint density at radius 2 is 1.79 bits per heavy atom. The van der Waals surface area contributed by atoms with Crippen molar-refractivity contribution in [1.29, 1.82) is 0 Å². The molecule has 39 heavy (non-hydrogen) atoms. The topological polar surface area (TPSA) is 125 Å². The van der Waals surface area contributed by atoms with Crippen molar-refractivity contribution in [2.75, 3.05) is 13.7 Å². The molecule has 1 saturated heterocycles. The fourth-order valence-electron chi connectivity index (χ4n) is 3.61. The van der Waals surface area contributed by atoms with E-state index in [1.807, 2.05) is 0 Å². The normalized spacial score (nSPS) is 14.0. The summed E-state index contributed by atoms with van der Waals surface area (Å²) >= 11 is 7.20. The predicted octanol–water partition coefficient (Wildman–Crippen LogP) is 6.11. The minimum atomic E-state index is -0.652. The van der Waals surface area contributed by atoms with Crippen LogP contribution in [0.5, 0.6) is 17.2 Å². The zero-order valence-corrected chi connectivity index (χ0v) is 22.3. The first-order chi connectivity index (χ1) is 18.7. The minimum absolute atomic E-state index is 0.0164. The fraction of sp³-hybridized carbons (Fsp3) is 0.148. The summed E-state index contributed by atoms with van der Waals surface area (Å²) in [6.45, 7) is 1.96. The monoisotopic (exact) mass is 568 g/mol. The number of hydrogen-bond donors (Lipinski definition) is 0. The van der Waals surface area contributed by atoms with Crippen molar-refractivity contribution in [3.63, 3.8) is 0 Å². The number of esters is 1. The van der Waals surface area contributed by atoms with E-state index in [0.29, 0.717) is 16.9 Å². The lowest BCUT2D eigenvalue weighted by atomic mass is 10.1. The molecular weight excluding hydrogens is 548 g/mol. The van der Waals surface area contributed by atoms with E-state index in [1.165, 1.54) is 43.5 Å². The number of carbonyl (C=O) groups excluding carboxylic acids is 3. The first kappa shape index (κ1) is 27.7. The lowest BCUT2D eigenvalue weighted by Gasteiger charge is -2.14. The molecule has 3 aromatic carbocycles. The van der Waals surface area contributed by atoms with E-state index in [1.54, 1.807) is 37.3 Å². The van der Waals surface area contributed by atoms with Crippen molar-refractivity contribution in [2.24, 2.45) is 0 Å². The SMILES string of the molecule is CCOc1cc(/C=C2\SC(=O)N(Cc3ccc([N+](=O)[O-])cc3)C2=O)cc(Cl)c1OC(=O)c1ccc(OC)cc1. The highest BCUT2D eigenvalue weighted by Gasteiger charge is 2.35. The van der Waals surface area contributed by atoms with Gasteiger partial charge in [-0.3, -0.25) is 24.6 Å². The molecule has 0 unspecified atom stereocenters. The summed E-state index contributed by atoms with van der Waals surface area (Å²) in [6.07, 6.45) is 1.49. The summed E-state index contributed by atoms with van der Waals surface area (Å²) in [6, 6.07) is 15.0. The number of nitrogens with zero attached hydrogens (tertiary/aromatic N) is 2. The molecule has 1 fully saturated rings. The minimum Gasteiger partial charge on any atom is -0.497 e. The Bertz CT molecular complexity index is 1470. The lowest BCUT2D eigenvalue weighted by Crippen LogP contribution is -2.27. The van der Waals surface area contributed by atoms with Crippen LogP contribution in [-0.4, -0.2) is 40.7 Å². The summed E-state index contributed by atoms with van der Waals surface area (Å²) in [5.41, 5.74) is 1.20. The highest BCUT2D eigenvalue weighted by molar-refractivity contribution is 8.18. The van der Waals surface area contributed by atoms with Crippen molar-refractivity contribution < 1.29 is 33.5 Å². The van der Waals surface area contributed by atoms with E-state index in [-0.39, 0.29) is 45.8 Å². The molecule has 200 valence electrons. The number of hydrogen-bond acceptors (Lipinski definition) is 9. The smallest absolute Gasteiger partial charge is 0.343 e. The first-order valence-corrected chi connectivity index (χ1v) is 12.7. The van der Waals surface area contributed by atoms with Gasteiger partial charge in [0.2, 0.25) is 0 Å². The van der Waals surface area contributed by atoms with Gasteiger partial charge in [-0.05, 0) is 72.3 Å². The zero-order valence-electron chi connectivity index (χ0n) is 20.7. The quantitative estimate of drug-likeness (QED) is 0.0987. The van der Waals surface area contributed by atoms with Crippen molar-refractivity contribution in [3.05, 3.63) is 97.4 Å². The molecule has 1 heterocycles. The van der Waals surface area contributed by atoms with Gasteiger partial charge in [-0.1, -0.05) is 23.7 Å². The Morgan fingerprint density at radius 3 is 2.41 bits per heavy atom. The van der Waals surface area contributed by atoms with Gasteiger partial charge in [-0.2, -0.15) is 0 Å². The second kappa shape index (κ2) is 12.0. The molecule has 0 aliphatic carbocycles. The average Bonchev–Trinajstić information content (AvgIpc) is 3.18. The number of non-ortho nitro benzene ring substituents is 1. The van der Waals surface area contributed by atoms with Crippen LogP contribution < -0.4 is 14.2 Å². The lowest BCUT2D eigenvalue weighted by molar-refractivity contribution is -0.384. The predicted molar refractivity (Wildman–Crippen MR) is 145 cm³/mol. The number of benzene rings is 3. The van der Waals surface area contributed by atoms with Gasteiger partial charge in [0.05, 0.1) is 40.7 Å². The van der Waals surface area contributed by atoms with Gasteiger partial charge >= 0.3 is 5.97 Å². The fourth-order valence-corrected chi connectivity index (χ4v) is 4.70. The molecule has 10 nitrogen and oxygen atoms in total. The number of rotatable bonds is 9. The Kier molecular flexibility index (Phi) is 8.52. The van der Waals surface area contributed by atoms with Gasteiger partial charge in [-0.15, -0.1) is 0 Å². The standard InChI is InChI=1S/C27H21ClN2O8S/c1-3-37-22-13-17(12-21(28)24(22)38-26(32)18-6-10-20(36-2)11-7-18)14-23-25(31)29(27(33)39-23)15-16-4-8-19(9-5-16)30(34)35/h4-14H,3,15H2,1-2H3/b23-14-. The molecular formula is C27H21ClN2O8S. The summed E-state index contributed by atoms with van der Waals surface area (Å²) in [5, 5.41) is 10.4. The third kappa shape index (κ3) is 6.39. The number of imide groups is 1. The molecule has 2 amide bonds. The summed E-state index contributed by atoms with van der Waals surface area (Å²) in [4.78, 5) is 49.8. The first-order valence-electron chi connectivity index (χ1n) is 11.5. The van der Waals surface area contributed by atoms with Crippen LogP contribution >= 0.6 is 23.4 Å². The largest absolute Gasteiger partial charge is 0.497 e. The molecule has 0 N–H and O–H groups in total. The van der Waals surface area contributed by atoms with Crippen molar-refractivity contribution >= 4 is 52.2 Å². The number of thioether (sulfide) groups is 1. The van der Waals surface area contributed by atoms with Crippen LogP contribution in [0.1, 0.15) is 28.4 Å². The van der Waals surface area contributed by atoms with E-state index in [9.17, 15) is 24.5 Å². The summed E-state index contributed by atoms with van der Waals surface area (Å²) < 4.78 is 16.3. The van der Waals surface area contributed by atoms with Gasteiger partial charge in [0.15, 0.2) is 11.5 Å². The number of nitro groups is 1. The molecule has 3 aromatic rings. The highest BCUT2D eigenvalue weighted by Crippen LogP contribution is 2.40. The number of nitro benzene ring substituents is 1. The highest BCUT2D eigenvalue weighted by atomic mass is 35.5. The molecule has 0 radical (unpaired) electrons. The van der Waals surface area contributed by atoms with Gasteiger partial charge < -0.3 is 14.2 Å². The van der Waals surface area contributed by atoms with Gasteiger partial charge in [0.25, 0.3) is 16.8 Å². The van der Waals surface area contributed by atoms with Crippen LogP contribution in [0.2, 0.25) is 5.02 Å². The van der Waals surface area contributed by atoms with Crippen LogP contribution in [0.4, 0.5) is 10.5 Å². The van der Waals surface area contributed by atoms with E-state index in [0.717, 1.165) is 16.7 Å². The molecule has 1 aliphatic heterocycles. The Morgan fingerprint density at radius 1 is 1.10 bits per heavy atom. The Hall–Kier alpha value is -4.35. The number of amides is 2. The molecule has 4 rings (SSSR count). The van der Waals surface area contributed by atoms with Gasteiger partial charge in [0.1, 0.15) is 5.75 Å². The van der Waals surface area contributed by atoms with Crippen LogP contribution in [0.25, 0.3) is 6.08 Å². The average molecular weight is 569 g/mol. The molecule has 0 spiro atoms. The molecule has 12 heteroatoms. The number of carbonyl (C=O) groups is 3. The second-order valence-corrected chi connectivity index (χ2v) is 9.47. The maximum absolute atomic E-state index is 13.0. The number of ether oxygens (including phenoxy) is 3. The summed E-state index contributed by atoms with van der Waals surface area (Å²) in [5.74, 6) is -0.389. The van der Waals surface area contributed by atoms with Crippen LogP contribution in [0.3, 0.4) is 0 Å². The molecule has 0 atom stereocenters.